The largest absolute Gasteiger partial charge is 0.326 e. The molecule has 1 aromatic rings. The number of nitrogens with one attached hydrogen (secondary N) is 2. The minimum atomic E-state index is 0.0542. The molecule has 21 heavy (non-hydrogen) atoms. The van der Waals surface area contributed by atoms with Crippen LogP contribution in [0.3, 0.4) is 0 Å². The summed E-state index contributed by atoms with van der Waals surface area (Å²) in [5.74, 6) is 0.311. The number of rotatable bonds is 3. The van der Waals surface area contributed by atoms with E-state index in [4.69, 9.17) is 0 Å². The van der Waals surface area contributed by atoms with Crippen LogP contribution in [-0.2, 0) is 9.59 Å². The molecule has 0 aromatic heterocycles. The Morgan fingerprint density at radius 2 is 2.05 bits per heavy atom. The van der Waals surface area contributed by atoms with Gasteiger partial charge in [0.15, 0.2) is 0 Å². The summed E-state index contributed by atoms with van der Waals surface area (Å²) in [5, 5.41) is 6.21. The van der Waals surface area contributed by atoms with Gasteiger partial charge in [0.2, 0.25) is 11.8 Å². The lowest BCUT2D eigenvalue weighted by atomic mass is 9.99. The molecule has 112 valence electrons. The molecule has 0 radical (unpaired) electrons. The molecule has 2 aliphatic heterocycles. The second kappa shape index (κ2) is 6.26. The van der Waals surface area contributed by atoms with Crippen molar-refractivity contribution in [2.24, 2.45) is 5.92 Å². The second-order valence-electron chi connectivity index (χ2n) is 5.73. The molecule has 3 rings (SSSR count). The van der Waals surface area contributed by atoms with Crippen LogP contribution in [0.1, 0.15) is 25.7 Å². The van der Waals surface area contributed by atoms with Crippen molar-refractivity contribution in [1.29, 1.82) is 0 Å². The Morgan fingerprint density at radius 1 is 1.24 bits per heavy atom. The van der Waals surface area contributed by atoms with E-state index in [0.717, 1.165) is 50.3 Å². The summed E-state index contributed by atoms with van der Waals surface area (Å²) < 4.78 is 0. The Bertz CT molecular complexity index is 521. The number of hydrogen-bond donors (Lipinski definition) is 2. The number of hydrogen-bond acceptors (Lipinski definition) is 3. The lowest BCUT2D eigenvalue weighted by Gasteiger charge is -2.22. The maximum absolute atomic E-state index is 12.1. The minimum absolute atomic E-state index is 0.0542. The summed E-state index contributed by atoms with van der Waals surface area (Å²) in [6, 6.07) is 7.54. The van der Waals surface area contributed by atoms with E-state index in [1.54, 1.807) is 4.90 Å². The van der Waals surface area contributed by atoms with Crippen molar-refractivity contribution in [1.82, 2.24) is 5.32 Å². The molecule has 2 fully saturated rings. The molecule has 1 aromatic carbocycles. The molecule has 2 aliphatic rings. The van der Waals surface area contributed by atoms with Crippen LogP contribution >= 0.6 is 0 Å². The topological polar surface area (TPSA) is 61.4 Å². The van der Waals surface area contributed by atoms with Crippen molar-refractivity contribution in [2.75, 3.05) is 29.9 Å². The van der Waals surface area contributed by atoms with E-state index in [1.807, 2.05) is 24.3 Å². The summed E-state index contributed by atoms with van der Waals surface area (Å²) in [6.45, 7) is 2.55. The summed E-state index contributed by atoms with van der Waals surface area (Å²) >= 11 is 0. The van der Waals surface area contributed by atoms with E-state index in [2.05, 4.69) is 10.6 Å². The van der Waals surface area contributed by atoms with E-state index in [0.29, 0.717) is 6.42 Å². The molecule has 1 atom stereocenters. The zero-order chi connectivity index (χ0) is 14.7. The molecule has 0 aliphatic carbocycles. The Kier molecular flexibility index (Phi) is 4.20. The van der Waals surface area contributed by atoms with Crippen molar-refractivity contribution in [3.63, 3.8) is 0 Å². The van der Waals surface area contributed by atoms with Crippen LogP contribution < -0.4 is 15.5 Å². The Labute approximate surface area is 124 Å². The SMILES string of the molecule is O=C(Nc1ccc(N2CCCC2=O)cc1)C1CCCNC1. The number of piperidine rings is 1. The maximum atomic E-state index is 12.1. The van der Waals surface area contributed by atoms with Gasteiger partial charge in [-0.25, -0.2) is 0 Å². The predicted molar refractivity (Wildman–Crippen MR) is 82.3 cm³/mol. The smallest absolute Gasteiger partial charge is 0.228 e. The highest BCUT2D eigenvalue weighted by atomic mass is 16.2. The van der Waals surface area contributed by atoms with Crippen LogP contribution in [0, 0.1) is 5.92 Å². The van der Waals surface area contributed by atoms with Crippen molar-refractivity contribution >= 4 is 23.2 Å². The highest BCUT2D eigenvalue weighted by Crippen LogP contribution is 2.23. The second-order valence-corrected chi connectivity index (χ2v) is 5.73. The van der Waals surface area contributed by atoms with Gasteiger partial charge < -0.3 is 15.5 Å². The Balaban J connectivity index is 1.61. The number of anilines is 2. The van der Waals surface area contributed by atoms with Crippen LogP contribution in [0.4, 0.5) is 11.4 Å². The zero-order valence-corrected chi connectivity index (χ0v) is 12.1. The van der Waals surface area contributed by atoms with E-state index in [-0.39, 0.29) is 17.7 Å². The van der Waals surface area contributed by atoms with Crippen molar-refractivity contribution in [3.05, 3.63) is 24.3 Å². The molecule has 1 unspecified atom stereocenters. The zero-order valence-electron chi connectivity index (χ0n) is 12.1. The molecule has 2 amide bonds. The summed E-state index contributed by atoms with van der Waals surface area (Å²) in [5.41, 5.74) is 1.70. The highest BCUT2D eigenvalue weighted by Gasteiger charge is 2.22. The van der Waals surface area contributed by atoms with E-state index in [9.17, 15) is 9.59 Å². The normalized spacial score (nSPS) is 22.4. The molecular formula is C16H21N3O2. The van der Waals surface area contributed by atoms with E-state index >= 15 is 0 Å². The molecule has 0 spiro atoms. The van der Waals surface area contributed by atoms with Gasteiger partial charge in [-0.1, -0.05) is 0 Å². The van der Waals surface area contributed by atoms with Crippen LogP contribution in [0.2, 0.25) is 0 Å². The average Bonchev–Trinajstić information content (AvgIpc) is 2.95. The first kappa shape index (κ1) is 14.1. The number of nitrogens with zero attached hydrogens (tertiary/aromatic N) is 1. The molecule has 2 N–H and O–H groups in total. The van der Waals surface area contributed by atoms with E-state index < -0.39 is 0 Å². The fraction of sp³-hybridized carbons (Fsp3) is 0.500. The van der Waals surface area contributed by atoms with Crippen LogP contribution in [0.25, 0.3) is 0 Å². The quantitative estimate of drug-likeness (QED) is 0.890. The summed E-state index contributed by atoms with van der Waals surface area (Å²) in [4.78, 5) is 25.6. The summed E-state index contributed by atoms with van der Waals surface area (Å²) in [7, 11) is 0. The van der Waals surface area contributed by atoms with Crippen molar-refractivity contribution in [2.45, 2.75) is 25.7 Å². The Hall–Kier alpha value is -1.88. The van der Waals surface area contributed by atoms with Gasteiger partial charge in [-0.3, -0.25) is 9.59 Å². The molecule has 0 bridgehead atoms. The van der Waals surface area contributed by atoms with Gasteiger partial charge in [0, 0.05) is 30.9 Å². The molecule has 2 heterocycles. The molecule has 2 saturated heterocycles. The number of carbonyl (C=O) groups excluding carboxylic acids is 2. The van der Waals surface area contributed by atoms with Gasteiger partial charge in [-0.15, -0.1) is 0 Å². The molecule has 0 saturated carbocycles. The minimum Gasteiger partial charge on any atom is -0.326 e. The van der Waals surface area contributed by atoms with Gasteiger partial charge in [-0.05, 0) is 50.1 Å². The predicted octanol–water partition coefficient (Wildman–Crippen LogP) is 1.75. The third kappa shape index (κ3) is 3.24. The van der Waals surface area contributed by atoms with Gasteiger partial charge in [0.05, 0.1) is 5.92 Å². The first-order valence-electron chi connectivity index (χ1n) is 7.66. The fourth-order valence-electron chi connectivity index (χ4n) is 2.97. The fourth-order valence-corrected chi connectivity index (χ4v) is 2.97. The van der Waals surface area contributed by atoms with Crippen molar-refractivity contribution < 1.29 is 9.59 Å². The van der Waals surface area contributed by atoms with Gasteiger partial charge in [-0.2, -0.15) is 0 Å². The molecule has 5 nitrogen and oxygen atoms in total. The van der Waals surface area contributed by atoms with Gasteiger partial charge in [0.25, 0.3) is 0 Å². The molecular weight excluding hydrogens is 266 g/mol. The van der Waals surface area contributed by atoms with Crippen LogP contribution in [0.15, 0.2) is 24.3 Å². The average molecular weight is 287 g/mol. The number of carbonyl (C=O) groups is 2. The first-order valence-corrected chi connectivity index (χ1v) is 7.66. The Morgan fingerprint density at radius 3 is 2.67 bits per heavy atom. The van der Waals surface area contributed by atoms with Crippen LogP contribution in [0.5, 0.6) is 0 Å². The third-order valence-electron chi connectivity index (χ3n) is 4.19. The first-order chi connectivity index (χ1) is 10.2. The number of benzene rings is 1. The van der Waals surface area contributed by atoms with Gasteiger partial charge in [0.1, 0.15) is 0 Å². The van der Waals surface area contributed by atoms with Gasteiger partial charge >= 0.3 is 0 Å². The lowest BCUT2D eigenvalue weighted by molar-refractivity contribution is -0.120. The standard InChI is InChI=1S/C16H21N3O2/c20-15-4-2-10-19(15)14-7-5-13(6-8-14)18-16(21)12-3-1-9-17-11-12/h5-8,12,17H,1-4,9-11H2,(H,18,21). The summed E-state index contributed by atoms with van der Waals surface area (Å²) in [6.07, 6.45) is 3.55. The lowest BCUT2D eigenvalue weighted by Crippen LogP contribution is -2.37. The highest BCUT2D eigenvalue weighted by molar-refractivity contribution is 5.96. The van der Waals surface area contributed by atoms with E-state index in [1.165, 1.54) is 0 Å². The monoisotopic (exact) mass is 287 g/mol. The maximum Gasteiger partial charge on any atom is 0.228 e. The van der Waals surface area contributed by atoms with Crippen molar-refractivity contribution in [3.8, 4) is 0 Å². The number of amides is 2. The molecule has 5 heteroatoms. The van der Waals surface area contributed by atoms with Crippen LogP contribution in [-0.4, -0.2) is 31.4 Å². The third-order valence-corrected chi connectivity index (χ3v) is 4.19.